The Morgan fingerprint density at radius 3 is 2.57 bits per heavy atom. The molecule has 0 saturated heterocycles. The number of guanidine groups is 1. The Morgan fingerprint density at radius 1 is 1.11 bits per heavy atom. The molecule has 5 nitrogen and oxygen atoms in total. The summed E-state index contributed by atoms with van der Waals surface area (Å²) in [5.41, 5.74) is 3.17. The standard InChI is InChI=1S/C23H30N4O/c1-17(19-10-4-3-5-11-19)26-23(24-2)25-16-18-9-8-14-21(15-18)27-22(28)20-12-6-7-13-20/h3-5,8-11,14-15,17,20H,6-7,12-13,16H2,1-2H3,(H,27,28)(H2,24,25,26). The summed E-state index contributed by atoms with van der Waals surface area (Å²) >= 11 is 0. The molecular formula is C23H30N4O. The van der Waals surface area contributed by atoms with Crippen LogP contribution in [0.5, 0.6) is 0 Å². The number of carbonyl (C=O) groups excluding carboxylic acids is 1. The molecule has 3 N–H and O–H groups in total. The van der Waals surface area contributed by atoms with Crippen LogP contribution >= 0.6 is 0 Å². The van der Waals surface area contributed by atoms with Gasteiger partial charge in [-0.05, 0) is 43.0 Å². The first kappa shape index (κ1) is 19.9. The molecule has 5 heteroatoms. The summed E-state index contributed by atoms with van der Waals surface area (Å²) in [4.78, 5) is 16.7. The van der Waals surface area contributed by atoms with Crippen molar-refractivity contribution in [2.75, 3.05) is 12.4 Å². The van der Waals surface area contributed by atoms with Crippen molar-refractivity contribution in [1.82, 2.24) is 10.6 Å². The molecule has 0 spiro atoms. The van der Waals surface area contributed by atoms with Crippen LogP contribution < -0.4 is 16.0 Å². The van der Waals surface area contributed by atoms with E-state index in [0.717, 1.165) is 42.9 Å². The van der Waals surface area contributed by atoms with Gasteiger partial charge in [0.1, 0.15) is 0 Å². The molecule has 1 amide bonds. The van der Waals surface area contributed by atoms with Crippen LogP contribution in [0.15, 0.2) is 59.6 Å². The van der Waals surface area contributed by atoms with Crippen molar-refractivity contribution in [2.45, 2.75) is 45.2 Å². The Hall–Kier alpha value is -2.82. The fourth-order valence-corrected chi connectivity index (χ4v) is 3.60. The number of carbonyl (C=O) groups is 1. The van der Waals surface area contributed by atoms with Crippen molar-refractivity contribution in [3.8, 4) is 0 Å². The molecule has 0 heterocycles. The molecule has 1 fully saturated rings. The van der Waals surface area contributed by atoms with Gasteiger partial charge in [-0.15, -0.1) is 0 Å². The van der Waals surface area contributed by atoms with Gasteiger partial charge in [-0.25, -0.2) is 0 Å². The summed E-state index contributed by atoms with van der Waals surface area (Å²) in [5.74, 6) is 1.07. The van der Waals surface area contributed by atoms with Crippen LogP contribution in [0.4, 0.5) is 5.69 Å². The molecule has 3 rings (SSSR count). The largest absolute Gasteiger partial charge is 0.352 e. The second-order valence-electron chi connectivity index (χ2n) is 7.37. The third kappa shape index (κ3) is 5.59. The summed E-state index contributed by atoms with van der Waals surface area (Å²) in [6.45, 7) is 2.75. The fraction of sp³-hybridized carbons (Fsp3) is 0.391. The number of amides is 1. The van der Waals surface area contributed by atoms with Crippen molar-refractivity contribution in [3.63, 3.8) is 0 Å². The summed E-state index contributed by atoms with van der Waals surface area (Å²) in [5, 5.41) is 9.82. The first-order chi connectivity index (χ1) is 13.7. The van der Waals surface area contributed by atoms with E-state index in [9.17, 15) is 4.79 Å². The molecule has 1 aliphatic rings. The highest BCUT2D eigenvalue weighted by Gasteiger charge is 2.22. The zero-order valence-corrected chi connectivity index (χ0v) is 16.7. The second-order valence-corrected chi connectivity index (χ2v) is 7.37. The third-order valence-electron chi connectivity index (χ3n) is 5.26. The van der Waals surface area contributed by atoms with E-state index >= 15 is 0 Å². The monoisotopic (exact) mass is 378 g/mol. The van der Waals surface area contributed by atoms with Gasteiger partial charge < -0.3 is 16.0 Å². The predicted molar refractivity (Wildman–Crippen MR) is 115 cm³/mol. The molecular weight excluding hydrogens is 348 g/mol. The Kier molecular flexibility index (Phi) is 7.06. The van der Waals surface area contributed by atoms with Crippen molar-refractivity contribution >= 4 is 17.6 Å². The minimum Gasteiger partial charge on any atom is -0.352 e. The van der Waals surface area contributed by atoms with Crippen molar-refractivity contribution in [2.24, 2.45) is 10.9 Å². The van der Waals surface area contributed by atoms with E-state index in [1.54, 1.807) is 7.05 Å². The number of hydrogen-bond donors (Lipinski definition) is 3. The Morgan fingerprint density at radius 2 is 1.86 bits per heavy atom. The predicted octanol–water partition coefficient (Wildman–Crippen LogP) is 4.24. The average Bonchev–Trinajstić information content (AvgIpc) is 3.27. The number of anilines is 1. The highest BCUT2D eigenvalue weighted by Crippen LogP contribution is 2.26. The lowest BCUT2D eigenvalue weighted by Gasteiger charge is -2.18. The topological polar surface area (TPSA) is 65.5 Å². The number of nitrogens with zero attached hydrogens (tertiary/aromatic N) is 1. The number of hydrogen-bond acceptors (Lipinski definition) is 2. The second kappa shape index (κ2) is 9.93. The third-order valence-corrected chi connectivity index (χ3v) is 5.26. The van der Waals surface area contributed by atoms with Gasteiger partial charge in [-0.1, -0.05) is 55.3 Å². The lowest BCUT2D eigenvalue weighted by atomic mass is 10.1. The van der Waals surface area contributed by atoms with Crippen LogP contribution in [0.2, 0.25) is 0 Å². The maximum Gasteiger partial charge on any atom is 0.227 e. The van der Waals surface area contributed by atoms with Gasteiger partial charge in [0.15, 0.2) is 5.96 Å². The van der Waals surface area contributed by atoms with Crippen molar-refractivity contribution in [1.29, 1.82) is 0 Å². The van der Waals surface area contributed by atoms with Crippen LogP contribution in [0.1, 0.15) is 49.8 Å². The molecule has 1 atom stereocenters. The van der Waals surface area contributed by atoms with Crippen LogP contribution in [0, 0.1) is 5.92 Å². The summed E-state index contributed by atoms with van der Waals surface area (Å²) in [6.07, 6.45) is 4.34. The zero-order chi connectivity index (χ0) is 19.8. The molecule has 0 radical (unpaired) electrons. The zero-order valence-electron chi connectivity index (χ0n) is 16.7. The van der Waals surface area contributed by atoms with Gasteiger partial charge in [0.25, 0.3) is 0 Å². The van der Waals surface area contributed by atoms with Crippen LogP contribution in [0.25, 0.3) is 0 Å². The lowest BCUT2D eigenvalue weighted by molar-refractivity contribution is -0.119. The van der Waals surface area contributed by atoms with E-state index in [0.29, 0.717) is 6.54 Å². The highest BCUT2D eigenvalue weighted by atomic mass is 16.1. The quantitative estimate of drug-likeness (QED) is 0.520. The molecule has 28 heavy (non-hydrogen) atoms. The summed E-state index contributed by atoms with van der Waals surface area (Å²) < 4.78 is 0. The number of benzene rings is 2. The van der Waals surface area contributed by atoms with Crippen molar-refractivity contribution in [3.05, 3.63) is 65.7 Å². The van der Waals surface area contributed by atoms with E-state index in [1.165, 1.54) is 5.56 Å². The summed E-state index contributed by atoms with van der Waals surface area (Å²) in [6, 6.07) is 18.4. The van der Waals surface area contributed by atoms with Gasteiger partial charge in [0.05, 0.1) is 6.04 Å². The average molecular weight is 379 g/mol. The Labute approximate surface area is 167 Å². The van der Waals surface area contributed by atoms with Gasteiger partial charge >= 0.3 is 0 Å². The molecule has 2 aromatic rings. The normalized spacial score (nSPS) is 15.9. The smallest absolute Gasteiger partial charge is 0.227 e. The van der Waals surface area contributed by atoms with E-state index in [4.69, 9.17) is 0 Å². The first-order valence-electron chi connectivity index (χ1n) is 10.1. The molecule has 0 aliphatic heterocycles. The van der Waals surface area contributed by atoms with E-state index in [1.807, 2.05) is 42.5 Å². The van der Waals surface area contributed by atoms with Gasteiger partial charge in [0.2, 0.25) is 5.91 Å². The highest BCUT2D eigenvalue weighted by molar-refractivity contribution is 5.92. The fourth-order valence-electron chi connectivity index (χ4n) is 3.60. The number of aliphatic imine (C=N–C) groups is 1. The van der Waals surface area contributed by atoms with E-state index in [-0.39, 0.29) is 17.9 Å². The van der Waals surface area contributed by atoms with Gasteiger partial charge in [-0.2, -0.15) is 0 Å². The molecule has 1 saturated carbocycles. The van der Waals surface area contributed by atoms with E-state index < -0.39 is 0 Å². The van der Waals surface area contributed by atoms with E-state index in [2.05, 4.69) is 40.0 Å². The van der Waals surface area contributed by atoms with Gasteiger partial charge in [0, 0.05) is 25.2 Å². The molecule has 1 aliphatic carbocycles. The number of rotatable bonds is 6. The first-order valence-corrected chi connectivity index (χ1v) is 10.1. The SMILES string of the molecule is CN=C(NCc1cccc(NC(=O)C2CCCC2)c1)NC(C)c1ccccc1. The number of nitrogens with one attached hydrogen (secondary N) is 3. The minimum atomic E-state index is 0.150. The van der Waals surface area contributed by atoms with Crippen molar-refractivity contribution < 1.29 is 4.79 Å². The maximum atomic E-state index is 12.3. The van der Waals surface area contributed by atoms with Gasteiger partial charge in [-0.3, -0.25) is 9.79 Å². The van der Waals surface area contributed by atoms with Crippen LogP contribution in [0.3, 0.4) is 0 Å². The molecule has 148 valence electrons. The van der Waals surface area contributed by atoms with Crippen LogP contribution in [-0.2, 0) is 11.3 Å². The molecule has 0 bridgehead atoms. The molecule has 1 unspecified atom stereocenters. The maximum absolute atomic E-state index is 12.3. The minimum absolute atomic E-state index is 0.150. The lowest BCUT2D eigenvalue weighted by Crippen LogP contribution is -2.38. The Balaban J connectivity index is 1.53. The molecule has 0 aromatic heterocycles. The molecule has 2 aromatic carbocycles. The van der Waals surface area contributed by atoms with Crippen LogP contribution in [-0.4, -0.2) is 18.9 Å². The Bertz CT molecular complexity index is 797. The summed E-state index contributed by atoms with van der Waals surface area (Å²) in [7, 11) is 1.77.